The number of fused-ring (bicyclic) bond motifs is 1. The molecule has 12 heteroatoms. The molecule has 1 aliphatic heterocycles. The molecule has 0 aliphatic carbocycles. The molecule has 1 N–H and O–H groups in total. The van der Waals surface area contributed by atoms with Gasteiger partial charge in [-0.05, 0) is 30.3 Å². The fourth-order valence-corrected chi connectivity index (χ4v) is 5.91. The lowest BCUT2D eigenvalue weighted by Crippen LogP contribution is -2.53. The summed E-state index contributed by atoms with van der Waals surface area (Å²) >= 11 is 1.17. The Morgan fingerprint density at radius 3 is 2.61 bits per heavy atom. The SMILES string of the molecule is N#Cc1cn(CC(=O)N2CCN(c3ccc(S(=O)(=O)Nc4nccs4)cc3)C(=O)C2)c2ccccc12. The molecule has 182 valence electrons. The second kappa shape index (κ2) is 9.44. The number of nitrogens with one attached hydrogen (secondary N) is 1. The molecule has 4 aromatic rings. The Kier molecular flexibility index (Phi) is 6.17. The molecule has 0 bridgehead atoms. The molecule has 3 heterocycles. The maximum absolute atomic E-state index is 13.0. The van der Waals surface area contributed by atoms with Crippen molar-refractivity contribution in [1.82, 2.24) is 14.5 Å². The van der Waals surface area contributed by atoms with Gasteiger partial charge in [0.05, 0.1) is 10.5 Å². The quantitative estimate of drug-likeness (QED) is 0.416. The fraction of sp³-hybridized carbons (Fsp3) is 0.167. The monoisotopic (exact) mass is 520 g/mol. The van der Waals surface area contributed by atoms with Gasteiger partial charge in [-0.15, -0.1) is 11.3 Å². The molecule has 0 radical (unpaired) electrons. The topological polar surface area (TPSA) is 128 Å². The number of rotatable bonds is 6. The minimum Gasteiger partial charge on any atom is -0.337 e. The van der Waals surface area contributed by atoms with Crippen molar-refractivity contribution >= 4 is 54.9 Å². The molecule has 10 nitrogen and oxygen atoms in total. The highest BCUT2D eigenvalue weighted by Crippen LogP contribution is 2.24. The number of nitriles is 1. The molecular formula is C24H20N6O4S2. The maximum atomic E-state index is 13.0. The zero-order valence-corrected chi connectivity index (χ0v) is 20.5. The highest BCUT2D eigenvalue weighted by Gasteiger charge is 2.29. The van der Waals surface area contributed by atoms with Gasteiger partial charge in [0.15, 0.2) is 5.13 Å². The van der Waals surface area contributed by atoms with Crippen LogP contribution in [0.15, 0.2) is 71.2 Å². The molecule has 2 amide bonds. The first-order chi connectivity index (χ1) is 17.4. The standard InChI is InChI=1S/C24H20N6O4S2/c25-13-17-14-29(21-4-2-1-3-20(17)21)15-22(31)28-10-11-30(23(32)16-28)18-5-7-19(8-6-18)36(33,34)27-24-26-9-12-35-24/h1-9,12,14H,10-11,15-16H2,(H,26,27). The summed E-state index contributed by atoms with van der Waals surface area (Å²) in [4.78, 5) is 32.8. The van der Waals surface area contributed by atoms with Crippen LogP contribution in [0.3, 0.4) is 0 Å². The fourth-order valence-electron chi connectivity index (χ4n) is 4.12. The van der Waals surface area contributed by atoms with Crippen molar-refractivity contribution in [2.45, 2.75) is 11.4 Å². The third-order valence-corrected chi connectivity index (χ3v) is 8.07. The van der Waals surface area contributed by atoms with Gasteiger partial charge in [0, 0.05) is 47.5 Å². The lowest BCUT2D eigenvalue weighted by molar-refractivity contribution is -0.137. The van der Waals surface area contributed by atoms with Gasteiger partial charge in [0.1, 0.15) is 19.2 Å². The molecule has 0 saturated carbocycles. The van der Waals surface area contributed by atoms with Crippen LogP contribution in [0, 0.1) is 11.3 Å². The number of hydrogen-bond acceptors (Lipinski definition) is 7. The van der Waals surface area contributed by atoms with Crippen molar-refractivity contribution in [3.05, 3.63) is 71.9 Å². The number of piperazine rings is 1. The zero-order chi connectivity index (χ0) is 25.3. The highest BCUT2D eigenvalue weighted by molar-refractivity contribution is 7.93. The number of nitrogens with zero attached hydrogens (tertiary/aromatic N) is 5. The minimum absolute atomic E-state index is 0.0220. The average molecular weight is 521 g/mol. The van der Waals surface area contributed by atoms with E-state index in [2.05, 4.69) is 15.8 Å². The highest BCUT2D eigenvalue weighted by atomic mass is 32.2. The number of carbonyl (C=O) groups excluding carboxylic acids is 2. The first-order valence-electron chi connectivity index (χ1n) is 10.9. The molecule has 0 spiro atoms. The van der Waals surface area contributed by atoms with E-state index in [9.17, 15) is 23.3 Å². The van der Waals surface area contributed by atoms with Crippen LogP contribution in [0.2, 0.25) is 0 Å². The number of benzene rings is 2. The number of anilines is 2. The summed E-state index contributed by atoms with van der Waals surface area (Å²) in [5.41, 5.74) is 1.83. The molecule has 0 atom stereocenters. The summed E-state index contributed by atoms with van der Waals surface area (Å²) < 4.78 is 29.2. The Labute approximate surface area is 211 Å². The Bertz CT molecular complexity index is 1590. The molecular weight excluding hydrogens is 500 g/mol. The van der Waals surface area contributed by atoms with Crippen molar-refractivity contribution in [3.63, 3.8) is 0 Å². The Hall–Kier alpha value is -4.21. The van der Waals surface area contributed by atoms with Crippen molar-refractivity contribution in [2.24, 2.45) is 0 Å². The predicted octanol–water partition coefficient (Wildman–Crippen LogP) is 2.65. The van der Waals surface area contributed by atoms with Gasteiger partial charge in [-0.1, -0.05) is 18.2 Å². The minimum atomic E-state index is -3.79. The van der Waals surface area contributed by atoms with E-state index < -0.39 is 10.0 Å². The Morgan fingerprint density at radius 1 is 1.14 bits per heavy atom. The van der Waals surface area contributed by atoms with Crippen LogP contribution in [0.25, 0.3) is 10.9 Å². The molecule has 0 unspecified atom stereocenters. The third kappa shape index (κ3) is 4.53. The summed E-state index contributed by atoms with van der Waals surface area (Å²) in [5, 5.41) is 12.1. The molecule has 2 aromatic carbocycles. The first-order valence-corrected chi connectivity index (χ1v) is 13.3. The van der Waals surface area contributed by atoms with E-state index in [0.29, 0.717) is 17.8 Å². The molecule has 2 aromatic heterocycles. The molecule has 36 heavy (non-hydrogen) atoms. The lowest BCUT2D eigenvalue weighted by atomic mass is 10.2. The number of aromatic nitrogens is 2. The Morgan fingerprint density at radius 2 is 1.92 bits per heavy atom. The number of sulfonamides is 1. The van der Waals surface area contributed by atoms with E-state index in [4.69, 9.17) is 0 Å². The number of amides is 2. The number of hydrogen-bond donors (Lipinski definition) is 1. The zero-order valence-electron chi connectivity index (χ0n) is 18.9. The van der Waals surface area contributed by atoms with Crippen molar-refractivity contribution in [2.75, 3.05) is 29.3 Å². The summed E-state index contributed by atoms with van der Waals surface area (Å²) in [6.07, 6.45) is 3.16. The van der Waals surface area contributed by atoms with Crippen LogP contribution >= 0.6 is 11.3 Å². The molecule has 1 saturated heterocycles. The van der Waals surface area contributed by atoms with E-state index in [1.165, 1.54) is 39.5 Å². The first kappa shape index (κ1) is 23.5. The number of thiazole rings is 1. The van der Waals surface area contributed by atoms with Crippen LogP contribution in [0.1, 0.15) is 5.56 Å². The third-order valence-electron chi connectivity index (χ3n) is 5.90. The van der Waals surface area contributed by atoms with Crippen LogP contribution in [-0.4, -0.2) is 54.3 Å². The van der Waals surface area contributed by atoms with Crippen LogP contribution in [0.4, 0.5) is 10.8 Å². The second-order valence-electron chi connectivity index (χ2n) is 8.10. The molecule has 1 fully saturated rings. The average Bonchev–Trinajstić information content (AvgIpc) is 3.51. The van der Waals surface area contributed by atoms with Gasteiger partial charge in [-0.25, -0.2) is 13.4 Å². The van der Waals surface area contributed by atoms with E-state index >= 15 is 0 Å². The van der Waals surface area contributed by atoms with Gasteiger partial charge in [0.2, 0.25) is 11.8 Å². The summed E-state index contributed by atoms with van der Waals surface area (Å²) in [6.45, 7) is 0.549. The van der Waals surface area contributed by atoms with Gasteiger partial charge in [-0.3, -0.25) is 14.3 Å². The van der Waals surface area contributed by atoms with Crippen molar-refractivity contribution in [1.29, 1.82) is 5.26 Å². The van der Waals surface area contributed by atoms with E-state index in [1.807, 2.05) is 24.3 Å². The summed E-state index contributed by atoms with van der Waals surface area (Å²) in [7, 11) is -3.79. The number of carbonyl (C=O) groups is 2. The van der Waals surface area contributed by atoms with Crippen LogP contribution in [-0.2, 0) is 26.2 Å². The molecule has 1 aliphatic rings. The van der Waals surface area contributed by atoms with E-state index in [0.717, 1.165) is 10.9 Å². The predicted molar refractivity (Wildman–Crippen MR) is 135 cm³/mol. The molecule has 5 rings (SSSR count). The second-order valence-corrected chi connectivity index (χ2v) is 10.7. The van der Waals surface area contributed by atoms with Gasteiger partial charge in [-0.2, -0.15) is 5.26 Å². The normalized spacial score (nSPS) is 14.1. The smallest absolute Gasteiger partial charge is 0.263 e. The van der Waals surface area contributed by atoms with Gasteiger partial charge < -0.3 is 14.4 Å². The lowest BCUT2D eigenvalue weighted by Gasteiger charge is -2.34. The summed E-state index contributed by atoms with van der Waals surface area (Å²) in [6, 6.07) is 15.5. The largest absolute Gasteiger partial charge is 0.337 e. The van der Waals surface area contributed by atoms with Crippen LogP contribution in [0.5, 0.6) is 0 Å². The maximum Gasteiger partial charge on any atom is 0.263 e. The Balaban J connectivity index is 1.25. The van der Waals surface area contributed by atoms with Gasteiger partial charge >= 0.3 is 0 Å². The number of para-hydroxylation sites is 1. The van der Waals surface area contributed by atoms with Crippen molar-refractivity contribution in [3.8, 4) is 6.07 Å². The van der Waals surface area contributed by atoms with Crippen LogP contribution < -0.4 is 9.62 Å². The summed E-state index contributed by atoms with van der Waals surface area (Å²) in [5.74, 6) is -0.482. The van der Waals surface area contributed by atoms with Gasteiger partial charge in [0.25, 0.3) is 10.0 Å². The van der Waals surface area contributed by atoms with Crippen molar-refractivity contribution < 1.29 is 18.0 Å². The van der Waals surface area contributed by atoms with E-state index in [1.54, 1.807) is 28.3 Å². The van der Waals surface area contributed by atoms with E-state index in [-0.39, 0.29) is 41.5 Å².